The summed E-state index contributed by atoms with van der Waals surface area (Å²) in [5.74, 6) is 3.90. The molecule has 0 saturated heterocycles. The summed E-state index contributed by atoms with van der Waals surface area (Å²) in [5, 5.41) is 3.61. The van der Waals surface area contributed by atoms with Gasteiger partial charge in [-0.3, -0.25) is 0 Å². The van der Waals surface area contributed by atoms with Gasteiger partial charge >= 0.3 is 0 Å². The molecule has 0 amide bonds. The molecule has 2 N–H and O–H groups in total. The average Bonchev–Trinajstić information content (AvgIpc) is 2.92. The van der Waals surface area contributed by atoms with E-state index in [1.807, 2.05) is 0 Å². The molecular weight excluding hydrogens is 262 g/mol. The van der Waals surface area contributed by atoms with Crippen molar-refractivity contribution >= 4 is 17.0 Å². The van der Waals surface area contributed by atoms with Crippen LogP contribution in [-0.2, 0) is 0 Å². The summed E-state index contributed by atoms with van der Waals surface area (Å²) in [5.41, 5.74) is 2.20. The molecule has 4 saturated carbocycles. The number of hydrogen-bond donors (Lipinski definition) is 2. The molecule has 0 spiro atoms. The van der Waals surface area contributed by atoms with Gasteiger partial charge in [0, 0.05) is 6.54 Å². The van der Waals surface area contributed by atoms with E-state index in [0.29, 0.717) is 5.41 Å². The molecule has 21 heavy (non-hydrogen) atoms. The maximum Gasteiger partial charge on any atom is 0.182 e. The lowest BCUT2D eigenvalue weighted by atomic mass is 9.49. The number of nitrogens with one attached hydrogen (secondary N) is 2. The molecule has 4 fully saturated rings. The first-order valence-corrected chi connectivity index (χ1v) is 8.18. The van der Waals surface area contributed by atoms with Crippen LogP contribution in [-0.4, -0.2) is 26.5 Å². The average molecular weight is 283 g/mol. The highest BCUT2D eigenvalue weighted by atomic mass is 15.1. The van der Waals surface area contributed by atoms with Gasteiger partial charge in [-0.15, -0.1) is 0 Å². The van der Waals surface area contributed by atoms with Crippen molar-refractivity contribution in [3.05, 3.63) is 12.7 Å². The molecule has 2 aromatic rings. The van der Waals surface area contributed by atoms with Crippen molar-refractivity contribution < 1.29 is 0 Å². The van der Waals surface area contributed by atoms with Crippen molar-refractivity contribution in [1.29, 1.82) is 0 Å². The number of aromatic nitrogens is 4. The Hall–Kier alpha value is -1.65. The Labute approximate surface area is 124 Å². The van der Waals surface area contributed by atoms with E-state index in [1.54, 1.807) is 12.7 Å². The fourth-order valence-corrected chi connectivity index (χ4v) is 5.68. The molecule has 4 aliphatic rings. The van der Waals surface area contributed by atoms with Crippen LogP contribution < -0.4 is 5.32 Å². The van der Waals surface area contributed by atoms with E-state index in [2.05, 4.69) is 25.3 Å². The standard InChI is InChI=1S/C16H21N5/c1-10-2-12-3-11(1)5-16(4-10,6-12)7-17-14-13-15(19-8-18-13)21-9-20-14/h8-12H,1-7H2,(H2,17,18,19,20,21). The quantitative estimate of drug-likeness (QED) is 0.908. The summed E-state index contributed by atoms with van der Waals surface area (Å²) >= 11 is 0. The largest absolute Gasteiger partial charge is 0.368 e. The van der Waals surface area contributed by atoms with Gasteiger partial charge in [-0.25, -0.2) is 15.0 Å². The van der Waals surface area contributed by atoms with Gasteiger partial charge in [-0.1, -0.05) is 0 Å². The predicted molar refractivity (Wildman–Crippen MR) is 80.8 cm³/mol. The number of imidazole rings is 1. The van der Waals surface area contributed by atoms with Crippen LogP contribution in [0, 0.1) is 23.2 Å². The first-order chi connectivity index (χ1) is 10.3. The smallest absolute Gasteiger partial charge is 0.182 e. The lowest BCUT2D eigenvalue weighted by Gasteiger charge is -2.57. The van der Waals surface area contributed by atoms with Crippen molar-refractivity contribution in [2.75, 3.05) is 11.9 Å². The maximum absolute atomic E-state index is 4.40. The molecule has 0 unspecified atom stereocenters. The van der Waals surface area contributed by atoms with Gasteiger partial charge in [0.25, 0.3) is 0 Å². The molecule has 2 aromatic heterocycles. The second kappa shape index (κ2) is 4.18. The lowest BCUT2D eigenvalue weighted by molar-refractivity contribution is -0.0444. The zero-order valence-corrected chi connectivity index (χ0v) is 12.2. The fourth-order valence-electron chi connectivity index (χ4n) is 5.68. The Balaban J connectivity index is 1.39. The number of aromatic amines is 1. The Morgan fingerprint density at radius 3 is 2.48 bits per heavy atom. The lowest BCUT2D eigenvalue weighted by Crippen LogP contribution is -2.49. The molecule has 0 aromatic carbocycles. The van der Waals surface area contributed by atoms with Crippen molar-refractivity contribution in [1.82, 2.24) is 19.9 Å². The molecule has 0 aliphatic heterocycles. The zero-order chi connectivity index (χ0) is 13.9. The first-order valence-electron chi connectivity index (χ1n) is 8.18. The van der Waals surface area contributed by atoms with Crippen LogP contribution >= 0.6 is 0 Å². The molecule has 0 radical (unpaired) electrons. The van der Waals surface area contributed by atoms with Gasteiger partial charge in [0.1, 0.15) is 11.8 Å². The minimum absolute atomic E-state index is 0.520. The number of nitrogens with zero attached hydrogens (tertiary/aromatic N) is 3. The highest BCUT2D eigenvalue weighted by molar-refractivity contribution is 5.81. The molecule has 5 heteroatoms. The van der Waals surface area contributed by atoms with Crippen LogP contribution in [0.15, 0.2) is 12.7 Å². The fraction of sp³-hybridized carbons (Fsp3) is 0.688. The van der Waals surface area contributed by atoms with Crippen molar-refractivity contribution in [2.24, 2.45) is 23.2 Å². The molecule has 4 bridgehead atoms. The highest BCUT2D eigenvalue weighted by Gasteiger charge is 2.50. The topological polar surface area (TPSA) is 66.5 Å². The van der Waals surface area contributed by atoms with E-state index in [9.17, 15) is 0 Å². The van der Waals surface area contributed by atoms with Gasteiger partial charge < -0.3 is 10.3 Å². The van der Waals surface area contributed by atoms with Gasteiger partial charge in [0.2, 0.25) is 0 Å². The van der Waals surface area contributed by atoms with Gasteiger partial charge in [0.05, 0.1) is 6.33 Å². The second-order valence-electron chi connectivity index (χ2n) is 7.59. The number of fused-ring (bicyclic) bond motifs is 1. The molecule has 110 valence electrons. The monoisotopic (exact) mass is 283 g/mol. The van der Waals surface area contributed by atoms with E-state index < -0.39 is 0 Å². The molecule has 5 nitrogen and oxygen atoms in total. The van der Waals surface area contributed by atoms with Crippen LogP contribution in [0.5, 0.6) is 0 Å². The number of hydrogen-bond acceptors (Lipinski definition) is 4. The van der Waals surface area contributed by atoms with E-state index >= 15 is 0 Å². The van der Waals surface area contributed by atoms with E-state index in [-0.39, 0.29) is 0 Å². The third kappa shape index (κ3) is 1.86. The maximum atomic E-state index is 4.40. The zero-order valence-electron chi connectivity index (χ0n) is 12.2. The first kappa shape index (κ1) is 12.0. The summed E-state index contributed by atoms with van der Waals surface area (Å²) in [6, 6.07) is 0. The van der Waals surface area contributed by atoms with Crippen LogP contribution in [0.4, 0.5) is 5.82 Å². The number of H-pyrrole nitrogens is 1. The van der Waals surface area contributed by atoms with Crippen LogP contribution in [0.25, 0.3) is 11.2 Å². The Bertz CT molecular complexity index is 641. The summed E-state index contributed by atoms with van der Waals surface area (Å²) in [6.45, 7) is 1.06. The van der Waals surface area contributed by atoms with Gasteiger partial charge in [0.15, 0.2) is 11.5 Å². The second-order valence-corrected chi connectivity index (χ2v) is 7.59. The normalized spacial score (nSPS) is 37.2. The Morgan fingerprint density at radius 1 is 1.05 bits per heavy atom. The van der Waals surface area contributed by atoms with Crippen molar-refractivity contribution in [2.45, 2.75) is 38.5 Å². The van der Waals surface area contributed by atoms with E-state index in [4.69, 9.17) is 0 Å². The summed E-state index contributed by atoms with van der Waals surface area (Å²) < 4.78 is 0. The predicted octanol–water partition coefficient (Wildman–Crippen LogP) is 2.98. The molecule has 6 rings (SSSR count). The van der Waals surface area contributed by atoms with Crippen molar-refractivity contribution in [3.8, 4) is 0 Å². The van der Waals surface area contributed by atoms with Crippen molar-refractivity contribution in [3.63, 3.8) is 0 Å². The minimum atomic E-state index is 0.520. The van der Waals surface area contributed by atoms with E-state index in [0.717, 1.165) is 41.3 Å². The SMILES string of the molecule is c1nc(NCC23CC4CC(CC(C4)C2)C3)c2[nH]cnc2n1. The Morgan fingerprint density at radius 2 is 1.76 bits per heavy atom. The summed E-state index contributed by atoms with van der Waals surface area (Å²) in [6.07, 6.45) is 12.0. The van der Waals surface area contributed by atoms with Crippen LogP contribution in [0.1, 0.15) is 38.5 Å². The van der Waals surface area contributed by atoms with Crippen LogP contribution in [0.3, 0.4) is 0 Å². The highest BCUT2D eigenvalue weighted by Crippen LogP contribution is 2.59. The molecule has 0 atom stereocenters. The van der Waals surface area contributed by atoms with E-state index in [1.165, 1.54) is 38.5 Å². The third-order valence-corrected chi connectivity index (χ3v) is 6.02. The summed E-state index contributed by atoms with van der Waals surface area (Å²) in [4.78, 5) is 15.9. The molecule has 4 aliphatic carbocycles. The molecule has 2 heterocycles. The molecular formula is C16H21N5. The summed E-state index contributed by atoms with van der Waals surface area (Å²) in [7, 11) is 0. The minimum Gasteiger partial charge on any atom is -0.368 e. The van der Waals surface area contributed by atoms with Gasteiger partial charge in [-0.05, 0) is 61.7 Å². The number of anilines is 1. The number of rotatable bonds is 3. The van der Waals surface area contributed by atoms with Crippen LogP contribution in [0.2, 0.25) is 0 Å². The third-order valence-electron chi connectivity index (χ3n) is 6.02. The Kier molecular flexibility index (Phi) is 2.38. The van der Waals surface area contributed by atoms with Gasteiger partial charge in [-0.2, -0.15) is 0 Å².